The molecule has 0 saturated heterocycles. The molecule has 0 amide bonds. The van der Waals surface area contributed by atoms with Gasteiger partial charge < -0.3 is 10.6 Å². The Morgan fingerprint density at radius 2 is 2.47 bits per heavy atom. The Morgan fingerprint density at radius 1 is 1.63 bits per heavy atom. The molecule has 6 nitrogen and oxygen atoms in total. The van der Waals surface area contributed by atoms with Crippen LogP contribution in [-0.2, 0) is 16.2 Å². The van der Waals surface area contributed by atoms with Gasteiger partial charge in [0, 0.05) is 6.20 Å². The summed E-state index contributed by atoms with van der Waals surface area (Å²) < 4.78 is 1.68. The number of oxime groups is 1. The summed E-state index contributed by atoms with van der Waals surface area (Å²) in [5, 5.41) is 9.56. The lowest BCUT2D eigenvalue weighted by Crippen LogP contribution is -2.14. The lowest BCUT2D eigenvalue weighted by Gasteiger charge is -2.00. The first-order chi connectivity index (χ1) is 9.15. The molecule has 19 heavy (non-hydrogen) atoms. The molecule has 2 aromatic heterocycles. The Balaban J connectivity index is 1.80. The molecule has 0 aliphatic carbocycles. The van der Waals surface area contributed by atoms with Gasteiger partial charge in [0.05, 0.1) is 24.0 Å². The number of thiophene rings is 1. The van der Waals surface area contributed by atoms with E-state index in [1.165, 1.54) is 11.3 Å². The fourth-order valence-corrected chi connectivity index (χ4v) is 2.03. The fraction of sp³-hybridized carbons (Fsp3) is 0.250. The number of nitrogens with two attached hydrogens (primary N) is 1. The van der Waals surface area contributed by atoms with Gasteiger partial charge >= 0.3 is 5.97 Å². The van der Waals surface area contributed by atoms with Crippen LogP contribution in [0.4, 0.5) is 0 Å². The van der Waals surface area contributed by atoms with Crippen LogP contribution in [0, 0.1) is 6.92 Å². The predicted octanol–water partition coefficient (Wildman–Crippen LogP) is 1.51. The Hall–Kier alpha value is -2.15. The van der Waals surface area contributed by atoms with Crippen LogP contribution in [0.5, 0.6) is 0 Å². The molecule has 0 atom stereocenters. The Labute approximate surface area is 114 Å². The summed E-state index contributed by atoms with van der Waals surface area (Å²) in [5.74, 6) is -0.231. The quantitative estimate of drug-likeness (QED) is 0.389. The largest absolute Gasteiger partial charge is 0.380 e. The van der Waals surface area contributed by atoms with E-state index in [0.717, 1.165) is 10.4 Å². The minimum absolute atomic E-state index is 0.197. The first kappa shape index (κ1) is 13.3. The second-order valence-corrected chi connectivity index (χ2v) is 4.90. The summed E-state index contributed by atoms with van der Waals surface area (Å²) in [6.07, 6.45) is 3.79. The van der Waals surface area contributed by atoms with Crippen LogP contribution in [0.3, 0.4) is 0 Å². The average Bonchev–Trinajstić information content (AvgIpc) is 3.04. The molecule has 0 aliphatic rings. The van der Waals surface area contributed by atoms with Gasteiger partial charge in [-0.05, 0) is 23.9 Å². The fourth-order valence-electron chi connectivity index (χ4n) is 1.41. The molecule has 0 bridgehead atoms. The molecule has 0 aromatic carbocycles. The SMILES string of the molecule is Cc1cnn(CCC(=O)O/N=C(\N)c2cccs2)c1. The van der Waals surface area contributed by atoms with Gasteiger partial charge in [-0.15, -0.1) is 11.3 Å². The highest BCUT2D eigenvalue weighted by Crippen LogP contribution is 2.07. The third-order valence-electron chi connectivity index (χ3n) is 2.33. The highest BCUT2D eigenvalue weighted by Gasteiger charge is 2.06. The number of amidine groups is 1. The van der Waals surface area contributed by atoms with Crippen molar-refractivity contribution in [2.24, 2.45) is 10.9 Å². The van der Waals surface area contributed by atoms with E-state index >= 15 is 0 Å². The number of rotatable bonds is 5. The van der Waals surface area contributed by atoms with Gasteiger partial charge in [0.2, 0.25) is 0 Å². The molecular weight excluding hydrogens is 264 g/mol. The number of nitrogens with zero attached hydrogens (tertiary/aromatic N) is 3. The second kappa shape index (κ2) is 6.14. The summed E-state index contributed by atoms with van der Waals surface area (Å²) in [6.45, 7) is 2.40. The summed E-state index contributed by atoms with van der Waals surface area (Å²) in [5.41, 5.74) is 6.71. The molecule has 0 spiro atoms. The third kappa shape index (κ3) is 3.92. The molecule has 0 unspecified atom stereocenters. The van der Waals surface area contributed by atoms with E-state index in [9.17, 15) is 4.79 Å². The molecular formula is C12H14N4O2S. The first-order valence-electron chi connectivity index (χ1n) is 5.71. The van der Waals surface area contributed by atoms with Gasteiger partial charge in [-0.2, -0.15) is 5.10 Å². The van der Waals surface area contributed by atoms with Gasteiger partial charge in [-0.3, -0.25) is 4.68 Å². The van der Waals surface area contributed by atoms with Crippen LogP contribution < -0.4 is 5.73 Å². The topological polar surface area (TPSA) is 82.5 Å². The molecule has 100 valence electrons. The van der Waals surface area contributed by atoms with E-state index < -0.39 is 5.97 Å². The Bertz CT molecular complexity index is 574. The van der Waals surface area contributed by atoms with Crippen LogP contribution in [0.1, 0.15) is 16.9 Å². The van der Waals surface area contributed by atoms with E-state index in [-0.39, 0.29) is 12.3 Å². The van der Waals surface area contributed by atoms with E-state index in [0.29, 0.717) is 6.54 Å². The van der Waals surface area contributed by atoms with Crippen LogP contribution in [0.15, 0.2) is 35.1 Å². The summed E-state index contributed by atoms with van der Waals surface area (Å²) in [4.78, 5) is 17.0. The van der Waals surface area contributed by atoms with Crippen molar-refractivity contribution in [3.05, 3.63) is 40.3 Å². The van der Waals surface area contributed by atoms with Crippen molar-refractivity contribution in [2.45, 2.75) is 19.9 Å². The van der Waals surface area contributed by atoms with Crippen molar-refractivity contribution in [3.8, 4) is 0 Å². The zero-order chi connectivity index (χ0) is 13.7. The molecule has 0 aliphatic heterocycles. The molecule has 2 heterocycles. The maximum Gasteiger partial charge on any atom is 0.336 e. The van der Waals surface area contributed by atoms with Gasteiger partial charge in [0.15, 0.2) is 5.84 Å². The lowest BCUT2D eigenvalue weighted by atomic mass is 10.4. The van der Waals surface area contributed by atoms with E-state index in [1.807, 2.05) is 30.6 Å². The second-order valence-electron chi connectivity index (χ2n) is 3.95. The van der Waals surface area contributed by atoms with E-state index in [1.54, 1.807) is 10.9 Å². The number of carbonyl (C=O) groups is 1. The Kier molecular flexibility index (Phi) is 4.30. The molecule has 2 aromatic rings. The van der Waals surface area contributed by atoms with Gasteiger partial charge in [0.1, 0.15) is 0 Å². The number of carbonyl (C=O) groups excluding carboxylic acids is 1. The molecule has 0 radical (unpaired) electrons. The molecule has 0 fully saturated rings. The smallest absolute Gasteiger partial charge is 0.336 e. The number of aryl methyl sites for hydroxylation is 2. The monoisotopic (exact) mass is 278 g/mol. The molecule has 7 heteroatoms. The van der Waals surface area contributed by atoms with Gasteiger partial charge in [-0.1, -0.05) is 11.2 Å². The molecule has 0 saturated carbocycles. The standard InChI is InChI=1S/C12H14N4O2S/c1-9-7-14-16(8-9)5-4-11(17)18-15-12(13)10-3-2-6-19-10/h2-3,6-8H,4-5H2,1H3,(H2,13,15). The number of aromatic nitrogens is 2. The van der Waals surface area contributed by atoms with E-state index in [2.05, 4.69) is 10.3 Å². The lowest BCUT2D eigenvalue weighted by molar-refractivity contribution is -0.143. The van der Waals surface area contributed by atoms with E-state index in [4.69, 9.17) is 10.6 Å². The van der Waals surface area contributed by atoms with Gasteiger partial charge in [0.25, 0.3) is 0 Å². The van der Waals surface area contributed by atoms with Crippen LogP contribution in [-0.4, -0.2) is 21.6 Å². The summed E-state index contributed by atoms with van der Waals surface area (Å²) >= 11 is 1.43. The van der Waals surface area contributed by atoms with Crippen molar-refractivity contribution in [3.63, 3.8) is 0 Å². The number of hydrogen-bond acceptors (Lipinski definition) is 5. The van der Waals surface area contributed by atoms with Gasteiger partial charge in [-0.25, -0.2) is 4.79 Å². The van der Waals surface area contributed by atoms with Crippen LogP contribution >= 0.6 is 11.3 Å². The summed E-state index contributed by atoms with van der Waals surface area (Å²) in [6, 6.07) is 3.66. The minimum atomic E-state index is -0.437. The van der Waals surface area contributed by atoms with Crippen molar-refractivity contribution in [2.75, 3.05) is 0 Å². The zero-order valence-corrected chi connectivity index (χ0v) is 11.3. The van der Waals surface area contributed by atoms with Crippen molar-refractivity contribution in [1.82, 2.24) is 9.78 Å². The maximum atomic E-state index is 11.5. The highest BCUT2D eigenvalue weighted by atomic mass is 32.1. The van der Waals surface area contributed by atoms with Crippen molar-refractivity contribution in [1.29, 1.82) is 0 Å². The molecule has 2 N–H and O–H groups in total. The summed E-state index contributed by atoms with van der Waals surface area (Å²) in [7, 11) is 0. The minimum Gasteiger partial charge on any atom is -0.380 e. The van der Waals surface area contributed by atoms with Crippen molar-refractivity contribution < 1.29 is 9.63 Å². The maximum absolute atomic E-state index is 11.5. The van der Waals surface area contributed by atoms with Crippen LogP contribution in [0.2, 0.25) is 0 Å². The normalized spacial score (nSPS) is 11.5. The van der Waals surface area contributed by atoms with Crippen LogP contribution in [0.25, 0.3) is 0 Å². The Morgan fingerprint density at radius 3 is 3.11 bits per heavy atom. The highest BCUT2D eigenvalue weighted by molar-refractivity contribution is 7.12. The average molecular weight is 278 g/mol. The third-order valence-corrected chi connectivity index (χ3v) is 3.22. The predicted molar refractivity (Wildman–Crippen MR) is 72.7 cm³/mol. The molecule has 2 rings (SSSR count). The van der Waals surface area contributed by atoms with Crippen molar-refractivity contribution >= 4 is 23.1 Å². The first-order valence-corrected chi connectivity index (χ1v) is 6.59. The zero-order valence-electron chi connectivity index (χ0n) is 10.4. The number of hydrogen-bond donors (Lipinski definition) is 1.